The number of anilines is 1. The molecule has 0 bridgehead atoms. The number of terminal acetylenes is 1. The molecule has 0 fully saturated rings. The highest BCUT2D eigenvalue weighted by atomic mass is 19.4. The number of rotatable bonds is 10. The van der Waals surface area contributed by atoms with Gasteiger partial charge in [-0.3, -0.25) is 4.79 Å². The van der Waals surface area contributed by atoms with E-state index < -0.39 is 17.9 Å². The first-order valence-electron chi connectivity index (χ1n) is 11.7. The normalized spacial score (nSPS) is 13.3. The Bertz CT molecular complexity index is 1130. The van der Waals surface area contributed by atoms with Crippen molar-refractivity contribution < 1.29 is 32.3 Å². The van der Waals surface area contributed by atoms with Gasteiger partial charge in [0.15, 0.2) is 6.61 Å². The summed E-state index contributed by atoms with van der Waals surface area (Å²) < 4.78 is 45.1. The fourth-order valence-corrected chi connectivity index (χ4v) is 4.02. The van der Waals surface area contributed by atoms with E-state index in [4.69, 9.17) is 16.0 Å². The van der Waals surface area contributed by atoms with Gasteiger partial charge in [0.2, 0.25) is 5.91 Å². The van der Waals surface area contributed by atoms with Crippen molar-refractivity contribution >= 4 is 17.7 Å². The fraction of sp³-hybridized carbons (Fsp3) is 0.385. The van der Waals surface area contributed by atoms with E-state index in [1.54, 1.807) is 7.05 Å². The molecule has 0 radical (unpaired) electrons. The molecule has 2 aromatic rings. The van der Waals surface area contributed by atoms with Crippen molar-refractivity contribution in [2.24, 2.45) is 0 Å². The van der Waals surface area contributed by atoms with Gasteiger partial charge in [0.1, 0.15) is 0 Å². The van der Waals surface area contributed by atoms with E-state index in [-0.39, 0.29) is 37.7 Å². The zero-order valence-corrected chi connectivity index (χ0v) is 20.4. The van der Waals surface area contributed by atoms with Crippen molar-refractivity contribution in [3.8, 4) is 12.3 Å². The van der Waals surface area contributed by atoms with Crippen molar-refractivity contribution in [2.75, 3.05) is 45.2 Å². The molecule has 198 valence electrons. The maximum atomic E-state index is 13.5. The number of hydrogen-bond acceptors (Lipinski definition) is 7. The smallest absolute Gasteiger partial charge is 0.420 e. The Balaban J connectivity index is 1.66. The lowest BCUT2D eigenvalue weighted by atomic mass is 9.99. The van der Waals surface area contributed by atoms with Crippen LogP contribution in [0, 0.1) is 12.3 Å². The number of nitrogens with zero attached hydrogens (tertiary/aromatic N) is 2. The molecule has 1 heterocycles. The van der Waals surface area contributed by atoms with E-state index >= 15 is 0 Å². The van der Waals surface area contributed by atoms with Crippen LogP contribution in [0.2, 0.25) is 0 Å². The van der Waals surface area contributed by atoms with Crippen molar-refractivity contribution in [1.29, 1.82) is 0 Å². The summed E-state index contributed by atoms with van der Waals surface area (Å²) in [6.45, 7) is 0.983. The Morgan fingerprint density at radius 2 is 1.97 bits per heavy atom. The molecule has 1 amide bonds. The predicted octanol–water partition coefficient (Wildman–Crippen LogP) is 3.43. The molecule has 1 aliphatic rings. The summed E-state index contributed by atoms with van der Waals surface area (Å²) in [5.74, 6) is 1.86. The number of amides is 1. The number of fused-ring (bicyclic) bond motifs is 1. The topological polar surface area (TPSA) is 83.1 Å². The Hall–Kier alpha value is -3.75. The molecule has 2 N–H and O–H groups in total. The van der Waals surface area contributed by atoms with Gasteiger partial charge in [-0.05, 0) is 42.3 Å². The van der Waals surface area contributed by atoms with Crippen LogP contribution in [0.4, 0.5) is 23.7 Å². The van der Waals surface area contributed by atoms with Gasteiger partial charge in [0.05, 0.1) is 18.7 Å². The number of nitrogens with one attached hydrogen (secondary N) is 2. The van der Waals surface area contributed by atoms with Crippen LogP contribution in [-0.2, 0) is 40.1 Å². The second-order valence-corrected chi connectivity index (χ2v) is 8.32. The summed E-state index contributed by atoms with van der Waals surface area (Å²) in [6.07, 6.45) is 0.217. The van der Waals surface area contributed by atoms with Crippen LogP contribution in [0.3, 0.4) is 0 Å². The molecule has 37 heavy (non-hydrogen) atoms. The van der Waals surface area contributed by atoms with Gasteiger partial charge in [0, 0.05) is 31.9 Å². The fourth-order valence-electron chi connectivity index (χ4n) is 4.02. The monoisotopic (exact) mass is 518 g/mol. The van der Waals surface area contributed by atoms with Gasteiger partial charge in [-0.15, -0.1) is 11.5 Å². The molecular formula is C26H29F3N4O4. The largest absolute Gasteiger partial charge is 0.528 e. The number of carbonyl (C=O) groups excluding carboxylic acids is 2. The molecule has 0 aromatic heterocycles. The highest BCUT2D eigenvalue weighted by Crippen LogP contribution is 2.32. The summed E-state index contributed by atoms with van der Waals surface area (Å²) in [5, 5.41) is 7.53. The van der Waals surface area contributed by atoms with Crippen LogP contribution >= 0.6 is 0 Å². The molecule has 0 atom stereocenters. The number of benzene rings is 2. The van der Waals surface area contributed by atoms with Crippen LogP contribution in [0.5, 0.6) is 0 Å². The molecule has 0 unspecified atom stereocenters. The SMILES string of the molecule is C#CCOC(=O)ON1CCc2c(cccc2NCC(=O)N(CCNC)Cc2ccccc2C(F)(F)F)C1. The first kappa shape index (κ1) is 27.8. The summed E-state index contributed by atoms with van der Waals surface area (Å²) in [5.41, 5.74) is 1.90. The summed E-state index contributed by atoms with van der Waals surface area (Å²) in [6, 6.07) is 10.8. The summed E-state index contributed by atoms with van der Waals surface area (Å²) in [4.78, 5) is 31.3. The lowest BCUT2D eigenvalue weighted by Crippen LogP contribution is -2.39. The molecular weight excluding hydrogens is 489 g/mol. The van der Waals surface area contributed by atoms with E-state index in [1.165, 1.54) is 28.2 Å². The standard InChI is InChI=1S/C26H29F3N4O4/c1-3-15-36-25(35)37-33-13-11-21-19(18-33)8-6-10-23(21)31-16-24(34)32(14-12-30-2)17-20-7-4-5-9-22(20)26(27,28)29/h1,4-10,30-31H,11-18H2,2H3. The van der Waals surface area contributed by atoms with Gasteiger partial charge < -0.3 is 25.1 Å². The lowest BCUT2D eigenvalue weighted by molar-refractivity contribution is -0.139. The van der Waals surface area contributed by atoms with Crippen LogP contribution < -0.4 is 10.6 Å². The minimum atomic E-state index is -4.51. The average molecular weight is 519 g/mol. The van der Waals surface area contributed by atoms with Gasteiger partial charge in [0.25, 0.3) is 0 Å². The Morgan fingerprint density at radius 1 is 1.19 bits per heavy atom. The third-order valence-electron chi connectivity index (χ3n) is 5.81. The molecule has 11 heteroatoms. The second-order valence-electron chi connectivity index (χ2n) is 8.32. The van der Waals surface area contributed by atoms with Gasteiger partial charge in [-0.25, -0.2) is 4.79 Å². The van der Waals surface area contributed by atoms with Crippen molar-refractivity contribution in [3.05, 3.63) is 64.7 Å². The van der Waals surface area contributed by atoms with Crippen LogP contribution in [0.15, 0.2) is 42.5 Å². The maximum absolute atomic E-state index is 13.5. The molecule has 0 aliphatic carbocycles. The summed E-state index contributed by atoms with van der Waals surface area (Å²) >= 11 is 0. The first-order chi connectivity index (χ1) is 17.7. The minimum absolute atomic E-state index is 0.0393. The molecule has 0 saturated heterocycles. The minimum Gasteiger partial charge on any atom is -0.420 e. The zero-order chi connectivity index (χ0) is 26.8. The third-order valence-corrected chi connectivity index (χ3v) is 5.81. The lowest BCUT2D eigenvalue weighted by Gasteiger charge is -2.29. The van der Waals surface area contributed by atoms with E-state index in [0.29, 0.717) is 26.1 Å². The number of ether oxygens (including phenoxy) is 1. The van der Waals surface area contributed by atoms with Crippen LogP contribution in [0.25, 0.3) is 0 Å². The van der Waals surface area contributed by atoms with E-state index in [1.807, 2.05) is 18.2 Å². The Morgan fingerprint density at radius 3 is 2.70 bits per heavy atom. The number of hydrogen-bond donors (Lipinski definition) is 2. The third kappa shape index (κ3) is 7.87. The molecule has 3 rings (SSSR count). The quantitative estimate of drug-likeness (QED) is 0.368. The van der Waals surface area contributed by atoms with E-state index in [2.05, 4.69) is 16.6 Å². The zero-order valence-electron chi connectivity index (χ0n) is 20.4. The van der Waals surface area contributed by atoms with Gasteiger partial charge in [-0.1, -0.05) is 36.3 Å². The molecule has 2 aromatic carbocycles. The maximum Gasteiger partial charge on any atom is 0.528 e. The Labute approximate surface area is 213 Å². The molecule has 0 spiro atoms. The molecule has 8 nitrogen and oxygen atoms in total. The predicted molar refractivity (Wildman–Crippen MR) is 131 cm³/mol. The number of likely N-dealkylation sites (N-methyl/N-ethyl adjacent to an activating group) is 1. The van der Waals surface area contributed by atoms with Crippen molar-refractivity contribution in [1.82, 2.24) is 15.3 Å². The molecule has 1 aliphatic heterocycles. The van der Waals surface area contributed by atoms with E-state index in [9.17, 15) is 22.8 Å². The summed E-state index contributed by atoms with van der Waals surface area (Å²) in [7, 11) is 1.71. The Kier molecular flexibility index (Phi) is 9.77. The van der Waals surface area contributed by atoms with Crippen LogP contribution in [-0.4, -0.2) is 61.9 Å². The van der Waals surface area contributed by atoms with Crippen LogP contribution in [0.1, 0.15) is 22.3 Å². The highest BCUT2D eigenvalue weighted by molar-refractivity contribution is 5.81. The number of alkyl halides is 3. The van der Waals surface area contributed by atoms with Crippen molar-refractivity contribution in [2.45, 2.75) is 25.7 Å². The van der Waals surface area contributed by atoms with Crippen molar-refractivity contribution in [3.63, 3.8) is 0 Å². The average Bonchev–Trinajstić information content (AvgIpc) is 2.87. The van der Waals surface area contributed by atoms with Gasteiger partial charge >= 0.3 is 12.3 Å². The highest BCUT2D eigenvalue weighted by Gasteiger charge is 2.33. The number of halogens is 3. The van der Waals surface area contributed by atoms with Gasteiger partial charge in [-0.2, -0.15) is 13.2 Å². The second kappa shape index (κ2) is 13.0. The number of hydroxylamine groups is 2. The first-order valence-corrected chi connectivity index (χ1v) is 11.7. The number of carbonyl (C=O) groups is 2. The molecule has 0 saturated carbocycles. The van der Waals surface area contributed by atoms with E-state index in [0.717, 1.165) is 22.9 Å².